The lowest BCUT2D eigenvalue weighted by atomic mass is 10.0. The van der Waals surface area contributed by atoms with Crippen LogP contribution in [0.2, 0.25) is 0 Å². The van der Waals surface area contributed by atoms with Crippen molar-refractivity contribution in [3.05, 3.63) is 63.4 Å². The van der Waals surface area contributed by atoms with Crippen LogP contribution in [-0.2, 0) is 0 Å². The Morgan fingerprint density at radius 3 is 2.71 bits per heavy atom. The van der Waals surface area contributed by atoms with Crippen molar-refractivity contribution in [2.24, 2.45) is 0 Å². The summed E-state index contributed by atoms with van der Waals surface area (Å²) in [6.45, 7) is 2.51. The summed E-state index contributed by atoms with van der Waals surface area (Å²) >= 11 is 2.19. The minimum Gasteiger partial charge on any atom is -0.493 e. The standard InChI is InChI=1S/C17H14INO2/c1-2-21-15-9-5-8-14-16(15)12(10-19-14)17(20)11-6-3-4-7-13(11)18/h3-10,19H,2H2,1H3. The van der Waals surface area contributed by atoms with Gasteiger partial charge in [0.2, 0.25) is 0 Å². The second-order valence-electron chi connectivity index (χ2n) is 4.62. The van der Waals surface area contributed by atoms with Gasteiger partial charge in [-0.2, -0.15) is 0 Å². The summed E-state index contributed by atoms with van der Waals surface area (Å²) in [5.41, 5.74) is 2.28. The molecule has 1 aromatic heterocycles. The molecule has 1 heterocycles. The molecule has 3 aromatic rings. The molecule has 3 nitrogen and oxygen atoms in total. The maximum atomic E-state index is 12.8. The van der Waals surface area contributed by atoms with Crippen molar-refractivity contribution < 1.29 is 9.53 Å². The van der Waals surface area contributed by atoms with Gasteiger partial charge in [0.1, 0.15) is 5.75 Å². The monoisotopic (exact) mass is 391 g/mol. The molecule has 2 aromatic carbocycles. The summed E-state index contributed by atoms with van der Waals surface area (Å²) in [5.74, 6) is 0.754. The van der Waals surface area contributed by atoms with Gasteiger partial charge in [-0.25, -0.2) is 0 Å². The van der Waals surface area contributed by atoms with Crippen LogP contribution in [0, 0.1) is 3.57 Å². The Balaban J connectivity index is 2.17. The van der Waals surface area contributed by atoms with Crippen LogP contribution in [0.25, 0.3) is 10.9 Å². The second kappa shape index (κ2) is 5.89. The minimum atomic E-state index is 0.0124. The molecule has 0 aliphatic carbocycles. The van der Waals surface area contributed by atoms with Crippen LogP contribution < -0.4 is 4.74 Å². The third kappa shape index (κ3) is 2.55. The fourth-order valence-corrected chi connectivity index (χ4v) is 3.03. The summed E-state index contributed by atoms with van der Waals surface area (Å²) in [7, 11) is 0. The molecule has 3 rings (SSSR count). The van der Waals surface area contributed by atoms with E-state index >= 15 is 0 Å². The van der Waals surface area contributed by atoms with Crippen molar-refractivity contribution in [2.75, 3.05) is 6.61 Å². The van der Waals surface area contributed by atoms with Crippen LogP contribution in [-0.4, -0.2) is 17.4 Å². The third-order valence-electron chi connectivity index (χ3n) is 3.33. The highest BCUT2D eigenvalue weighted by molar-refractivity contribution is 14.1. The van der Waals surface area contributed by atoms with Crippen LogP contribution >= 0.6 is 22.6 Å². The fourth-order valence-electron chi connectivity index (χ4n) is 2.40. The smallest absolute Gasteiger partial charge is 0.196 e. The minimum absolute atomic E-state index is 0.0124. The first-order chi connectivity index (χ1) is 10.2. The van der Waals surface area contributed by atoms with Crippen molar-refractivity contribution >= 4 is 39.3 Å². The number of carbonyl (C=O) groups excluding carboxylic acids is 1. The Bertz CT molecular complexity index is 807. The summed E-state index contributed by atoms with van der Waals surface area (Å²) in [5, 5.41) is 0.851. The molecule has 0 radical (unpaired) electrons. The predicted octanol–water partition coefficient (Wildman–Crippen LogP) is 4.40. The van der Waals surface area contributed by atoms with Gasteiger partial charge in [-0.3, -0.25) is 4.79 Å². The number of nitrogens with one attached hydrogen (secondary N) is 1. The number of aromatic nitrogens is 1. The molecular weight excluding hydrogens is 377 g/mol. The van der Waals surface area contributed by atoms with Gasteiger partial charge in [0.25, 0.3) is 0 Å². The molecule has 0 bridgehead atoms. The topological polar surface area (TPSA) is 42.1 Å². The molecule has 0 saturated carbocycles. The average Bonchev–Trinajstić information content (AvgIpc) is 2.92. The van der Waals surface area contributed by atoms with Crippen molar-refractivity contribution in [1.29, 1.82) is 0 Å². The summed E-state index contributed by atoms with van der Waals surface area (Å²) in [4.78, 5) is 16.0. The Morgan fingerprint density at radius 2 is 1.95 bits per heavy atom. The predicted molar refractivity (Wildman–Crippen MR) is 92.1 cm³/mol. The number of hydrogen-bond acceptors (Lipinski definition) is 2. The number of hydrogen-bond donors (Lipinski definition) is 1. The van der Waals surface area contributed by atoms with Gasteiger partial charge in [-0.15, -0.1) is 0 Å². The highest BCUT2D eigenvalue weighted by Gasteiger charge is 2.18. The van der Waals surface area contributed by atoms with E-state index in [0.717, 1.165) is 20.2 Å². The summed E-state index contributed by atoms with van der Waals surface area (Å²) in [6, 6.07) is 13.4. The number of H-pyrrole nitrogens is 1. The molecule has 21 heavy (non-hydrogen) atoms. The van der Waals surface area contributed by atoms with Crippen LogP contribution in [0.15, 0.2) is 48.7 Å². The van der Waals surface area contributed by atoms with Gasteiger partial charge in [0.15, 0.2) is 5.78 Å². The molecule has 4 heteroatoms. The molecule has 0 aliphatic rings. The van der Waals surface area contributed by atoms with Gasteiger partial charge in [-0.05, 0) is 53.8 Å². The van der Waals surface area contributed by atoms with E-state index in [4.69, 9.17) is 4.74 Å². The van der Waals surface area contributed by atoms with Gasteiger partial charge < -0.3 is 9.72 Å². The highest BCUT2D eigenvalue weighted by Crippen LogP contribution is 2.31. The van der Waals surface area contributed by atoms with E-state index in [2.05, 4.69) is 27.6 Å². The quantitative estimate of drug-likeness (QED) is 0.529. The highest BCUT2D eigenvalue weighted by atomic mass is 127. The zero-order valence-corrected chi connectivity index (χ0v) is 13.7. The second-order valence-corrected chi connectivity index (χ2v) is 5.79. The zero-order valence-electron chi connectivity index (χ0n) is 11.5. The first-order valence-electron chi connectivity index (χ1n) is 6.74. The lowest BCUT2D eigenvalue weighted by Crippen LogP contribution is -2.03. The maximum Gasteiger partial charge on any atom is 0.196 e. The van der Waals surface area contributed by atoms with Crippen molar-refractivity contribution in [1.82, 2.24) is 4.98 Å². The van der Waals surface area contributed by atoms with Gasteiger partial charge >= 0.3 is 0 Å². The lowest BCUT2D eigenvalue weighted by molar-refractivity contribution is 0.103. The molecular formula is C17H14INO2. The number of rotatable bonds is 4. The summed E-state index contributed by atoms with van der Waals surface area (Å²) in [6.07, 6.45) is 1.76. The Morgan fingerprint density at radius 1 is 1.14 bits per heavy atom. The number of carbonyl (C=O) groups is 1. The SMILES string of the molecule is CCOc1cccc2[nH]cc(C(=O)c3ccccc3I)c12. The van der Waals surface area contributed by atoms with Crippen molar-refractivity contribution in [3.8, 4) is 5.75 Å². The van der Waals surface area contributed by atoms with E-state index < -0.39 is 0 Å². The van der Waals surface area contributed by atoms with Crippen LogP contribution in [0.5, 0.6) is 5.75 Å². The maximum absolute atomic E-state index is 12.8. The number of halogens is 1. The lowest BCUT2D eigenvalue weighted by Gasteiger charge is -2.07. The van der Waals surface area contributed by atoms with Gasteiger partial charge in [0, 0.05) is 20.8 Å². The number of aromatic amines is 1. The van der Waals surface area contributed by atoms with Gasteiger partial charge in [-0.1, -0.05) is 18.2 Å². The van der Waals surface area contributed by atoms with E-state index in [0.29, 0.717) is 17.7 Å². The molecule has 1 N–H and O–H groups in total. The molecule has 0 aliphatic heterocycles. The number of ether oxygens (including phenoxy) is 1. The van der Waals surface area contributed by atoms with Crippen LogP contribution in [0.4, 0.5) is 0 Å². The molecule has 0 atom stereocenters. The number of fused-ring (bicyclic) bond motifs is 1. The molecule has 106 valence electrons. The number of benzene rings is 2. The van der Waals surface area contributed by atoms with E-state index in [1.165, 1.54) is 0 Å². The van der Waals surface area contributed by atoms with Crippen molar-refractivity contribution in [3.63, 3.8) is 0 Å². The first-order valence-corrected chi connectivity index (χ1v) is 7.82. The molecule has 0 unspecified atom stereocenters. The normalized spacial score (nSPS) is 10.8. The van der Waals surface area contributed by atoms with E-state index in [1.807, 2.05) is 49.4 Å². The van der Waals surface area contributed by atoms with E-state index in [9.17, 15) is 4.79 Å². The zero-order chi connectivity index (χ0) is 14.8. The average molecular weight is 391 g/mol. The van der Waals surface area contributed by atoms with E-state index in [-0.39, 0.29) is 5.78 Å². The number of ketones is 1. The largest absolute Gasteiger partial charge is 0.493 e. The Labute approximate surface area is 136 Å². The van der Waals surface area contributed by atoms with Crippen molar-refractivity contribution in [2.45, 2.75) is 6.92 Å². The Kier molecular flexibility index (Phi) is 3.96. The first kappa shape index (κ1) is 14.1. The van der Waals surface area contributed by atoms with Crippen LogP contribution in [0.3, 0.4) is 0 Å². The van der Waals surface area contributed by atoms with Gasteiger partial charge in [0.05, 0.1) is 17.6 Å². The Hall–Kier alpha value is -1.82. The molecule has 0 saturated heterocycles. The molecule has 0 fully saturated rings. The summed E-state index contributed by atoms with van der Waals surface area (Å²) < 4.78 is 6.61. The molecule has 0 amide bonds. The fraction of sp³-hybridized carbons (Fsp3) is 0.118. The van der Waals surface area contributed by atoms with Crippen LogP contribution in [0.1, 0.15) is 22.8 Å². The third-order valence-corrected chi connectivity index (χ3v) is 4.27. The van der Waals surface area contributed by atoms with E-state index in [1.54, 1.807) is 6.20 Å². The molecule has 0 spiro atoms.